The highest BCUT2D eigenvalue weighted by Crippen LogP contribution is 2.13. The molecule has 4 heteroatoms. The molecule has 0 heterocycles. The van der Waals surface area contributed by atoms with E-state index >= 15 is 0 Å². The van der Waals surface area contributed by atoms with Crippen LogP contribution >= 0.6 is 0 Å². The van der Waals surface area contributed by atoms with E-state index in [0.29, 0.717) is 6.61 Å². The van der Waals surface area contributed by atoms with Crippen molar-refractivity contribution >= 4 is 14.0 Å². The lowest BCUT2D eigenvalue weighted by atomic mass is 10.2. The van der Waals surface area contributed by atoms with Crippen molar-refractivity contribution in [3.63, 3.8) is 0 Å². The first-order chi connectivity index (χ1) is 8.57. The zero-order valence-corrected chi connectivity index (χ0v) is 13.0. The van der Waals surface area contributed by atoms with Crippen molar-refractivity contribution in [2.45, 2.75) is 40.2 Å². The Labute approximate surface area is 111 Å². The van der Waals surface area contributed by atoms with Gasteiger partial charge >= 0.3 is 8.80 Å². The Balaban J connectivity index is 3.06. The van der Waals surface area contributed by atoms with Crippen LogP contribution in [0.4, 0.5) is 0 Å². The molecule has 0 aromatic heterocycles. The number of rotatable bonds is 7. The van der Waals surface area contributed by atoms with Gasteiger partial charge in [-0.3, -0.25) is 0 Å². The van der Waals surface area contributed by atoms with Crippen LogP contribution in [-0.4, -0.2) is 28.6 Å². The third kappa shape index (κ3) is 3.65. The third-order valence-corrected chi connectivity index (χ3v) is 5.74. The molecule has 1 rings (SSSR count). The molecule has 0 aliphatic heterocycles. The van der Waals surface area contributed by atoms with E-state index in [4.69, 9.17) is 13.3 Å². The topological polar surface area (TPSA) is 27.7 Å². The molecule has 0 saturated heterocycles. The van der Waals surface area contributed by atoms with Gasteiger partial charge < -0.3 is 13.3 Å². The number of aryl methyl sites for hydroxylation is 1. The van der Waals surface area contributed by atoms with Crippen molar-refractivity contribution in [2.24, 2.45) is 0 Å². The van der Waals surface area contributed by atoms with E-state index in [0.717, 1.165) is 11.6 Å². The van der Waals surface area contributed by atoms with Gasteiger partial charge in [-0.2, -0.15) is 0 Å². The summed E-state index contributed by atoms with van der Waals surface area (Å²) in [6.45, 7) is 8.69. The molecule has 0 spiro atoms. The summed E-state index contributed by atoms with van der Waals surface area (Å²) in [5.74, 6) is 0. The predicted molar refractivity (Wildman–Crippen MR) is 76.1 cm³/mol. The average molecular weight is 268 g/mol. The zero-order chi connectivity index (χ0) is 13.6. The molecule has 1 aromatic rings. The lowest BCUT2D eigenvalue weighted by Crippen LogP contribution is -2.57. The minimum atomic E-state index is -2.74. The summed E-state index contributed by atoms with van der Waals surface area (Å²) in [6, 6.07) is 8.34. The van der Waals surface area contributed by atoms with Crippen molar-refractivity contribution in [3.8, 4) is 0 Å². The SMILES string of the molecule is CCO[Si](OC)(OC(C)C)c1ccc(CC)cc1. The highest BCUT2D eigenvalue weighted by molar-refractivity contribution is 6.75. The van der Waals surface area contributed by atoms with Gasteiger partial charge in [0.1, 0.15) is 0 Å². The van der Waals surface area contributed by atoms with Crippen LogP contribution in [0, 0.1) is 0 Å². The average Bonchev–Trinajstić information content (AvgIpc) is 2.37. The Morgan fingerprint density at radius 2 is 1.72 bits per heavy atom. The fraction of sp³-hybridized carbons (Fsp3) is 0.571. The van der Waals surface area contributed by atoms with Crippen molar-refractivity contribution in [3.05, 3.63) is 29.8 Å². The third-order valence-electron chi connectivity index (χ3n) is 2.71. The summed E-state index contributed by atoms with van der Waals surface area (Å²) in [6.07, 6.45) is 1.11. The van der Waals surface area contributed by atoms with E-state index in [1.165, 1.54) is 5.56 Å². The maximum absolute atomic E-state index is 5.98. The van der Waals surface area contributed by atoms with Crippen molar-refractivity contribution in [1.82, 2.24) is 0 Å². The summed E-state index contributed by atoms with van der Waals surface area (Å²) >= 11 is 0. The van der Waals surface area contributed by atoms with Crippen LogP contribution in [0.25, 0.3) is 0 Å². The van der Waals surface area contributed by atoms with Crippen LogP contribution in [-0.2, 0) is 19.7 Å². The first-order valence-corrected chi connectivity index (χ1v) is 8.26. The molecule has 1 atom stereocenters. The first kappa shape index (κ1) is 15.4. The molecule has 102 valence electrons. The molecule has 0 amide bonds. The van der Waals surface area contributed by atoms with Gasteiger partial charge in [-0.1, -0.05) is 31.2 Å². The number of hydrogen-bond acceptors (Lipinski definition) is 3. The van der Waals surface area contributed by atoms with Gasteiger partial charge in [0.25, 0.3) is 0 Å². The monoisotopic (exact) mass is 268 g/mol. The van der Waals surface area contributed by atoms with Gasteiger partial charge in [0.15, 0.2) is 0 Å². The standard InChI is InChI=1S/C14H24O3Si/c1-6-13-8-10-14(11-9-13)18(15-5,16-7-2)17-12(3)4/h8-12H,6-7H2,1-5H3. The van der Waals surface area contributed by atoms with Crippen LogP contribution in [0.15, 0.2) is 24.3 Å². The molecule has 18 heavy (non-hydrogen) atoms. The Morgan fingerprint density at radius 3 is 2.11 bits per heavy atom. The van der Waals surface area contributed by atoms with Crippen LogP contribution in [0.1, 0.15) is 33.3 Å². The largest absolute Gasteiger partial charge is 0.537 e. The molecular formula is C14H24O3Si. The van der Waals surface area contributed by atoms with E-state index in [2.05, 4.69) is 31.2 Å². The van der Waals surface area contributed by atoms with Gasteiger partial charge in [0, 0.05) is 25.0 Å². The molecule has 0 aliphatic carbocycles. The molecule has 0 saturated carbocycles. The summed E-state index contributed by atoms with van der Waals surface area (Å²) in [5, 5.41) is 1.03. The Hall–Kier alpha value is -0.683. The lowest BCUT2D eigenvalue weighted by molar-refractivity contribution is 0.0702. The fourth-order valence-electron chi connectivity index (χ4n) is 1.86. The van der Waals surface area contributed by atoms with E-state index in [-0.39, 0.29) is 6.10 Å². The summed E-state index contributed by atoms with van der Waals surface area (Å²) in [5.41, 5.74) is 1.30. The molecule has 1 unspecified atom stereocenters. The minimum Gasteiger partial charge on any atom is -0.373 e. The molecule has 0 radical (unpaired) electrons. The predicted octanol–water partition coefficient (Wildman–Crippen LogP) is 2.50. The Bertz CT molecular complexity index is 351. The second-order valence-corrected chi connectivity index (χ2v) is 7.03. The van der Waals surface area contributed by atoms with Crippen molar-refractivity contribution < 1.29 is 13.3 Å². The van der Waals surface area contributed by atoms with Gasteiger partial charge in [-0.25, -0.2) is 0 Å². The maximum Gasteiger partial charge on any atom is 0.537 e. The molecule has 0 N–H and O–H groups in total. The highest BCUT2D eigenvalue weighted by Gasteiger charge is 2.43. The van der Waals surface area contributed by atoms with E-state index in [1.54, 1.807) is 7.11 Å². The normalized spacial score (nSPS) is 14.8. The smallest absolute Gasteiger partial charge is 0.373 e. The van der Waals surface area contributed by atoms with Gasteiger partial charge in [0.2, 0.25) is 0 Å². The van der Waals surface area contributed by atoms with Crippen molar-refractivity contribution in [2.75, 3.05) is 13.7 Å². The minimum absolute atomic E-state index is 0.0778. The first-order valence-electron chi connectivity index (χ1n) is 6.54. The zero-order valence-electron chi connectivity index (χ0n) is 12.0. The summed E-state index contributed by atoms with van der Waals surface area (Å²) in [7, 11) is -1.08. The van der Waals surface area contributed by atoms with Gasteiger partial charge in [0.05, 0.1) is 0 Å². The Morgan fingerprint density at radius 1 is 1.11 bits per heavy atom. The van der Waals surface area contributed by atoms with Crippen molar-refractivity contribution in [1.29, 1.82) is 0 Å². The van der Waals surface area contributed by atoms with Crippen LogP contribution in [0.5, 0.6) is 0 Å². The highest BCUT2D eigenvalue weighted by atomic mass is 28.4. The van der Waals surface area contributed by atoms with E-state index < -0.39 is 8.80 Å². The maximum atomic E-state index is 5.98. The van der Waals surface area contributed by atoms with Gasteiger partial charge in [-0.05, 0) is 32.8 Å². The number of benzene rings is 1. The van der Waals surface area contributed by atoms with E-state index in [9.17, 15) is 0 Å². The molecule has 0 aliphatic rings. The fourth-order valence-corrected chi connectivity index (χ4v) is 4.25. The summed E-state index contributed by atoms with van der Waals surface area (Å²) in [4.78, 5) is 0. The van der Waals surface area contributed by atoms with E-state index in [1.807, 2.05) is 20.8 Å². The molecule has 1 aromatic carbocycles. The molecule has 0 fully saturated rings. The second kappa shape index (κ2) is 7.04. The number of hydrogen-bond donors (Lipinski definition) is 0. The quantitative estimate of drug-likeness (QED) is 0.711. The van der Waals surface area contributed by atoms with Crippen LogP contribution in [0.2, 0.25) is 0 Å². The molecule has 0 bridgehead atoms. The van der Waals surface area contributed by atoms with Crippen LogP contribution < -0.4 is 5.19 Å². The van der Waals surface area contributed by atoms with Gasteiger partial charge in [-0.15, -0.1) is 0 Å². The lowest BCUT2D eigenvalue weighted by Gasteiger charge is -2.29. The Kier molecular flexibility index (Phi) is 6.01. The molecule has 3 nitrogen and oxygen atoms in total. The summed E-state index contributed by atoms with van der Waals surface area (Å²) < 4.78 is 17.5. The second-order valence-electron chi connectivity index (χ2n) is 4.41. The molecular weight excluding hydrogens is 244 g/mol. The van der Waals surface area contributed by atoms with Crippen LogP contribution in [0.3, 0.4) is 0 Å².